The van der Waals surface area contributed by atoms with Gasteiger partial charge in [0, 0.05) is 25.3 Å². The van der Waals surface area contributed by atoms with Gasteiger partial charge in [-0.2, -0.15) is 0 Å². The van der Waals surface area contributed by atoms with E-state index in [0.29, 0.717) is 25.3 Å². The zero-order chi connectivity index (χ0) is 15.7. The van der Waals surface area contributed by atoms with Crippen LogP contribution in [0.5, 0.6) is 0 Å². The monoisotopic (exact) mass is 301 g/mol. The number of hydrogen-bond donors (Lipinski definition) is 0. The summed E-state index contributed by atoms with van der Waals surface area (Å²) in [6.45, 7) is 7.05. The van der Waals surface area contributed by atoms with E-state index in [4.69, 9.17) is 4.74 Å². The molecule has 6 nitrogen and oxygen atoms in total. The molecule has 2 aliphatic rings. The Morgan fingerprint density at radius 1 is 1.50 bits per heavy atom. The molecule has 1 aromatic rings. The van der Waals surface area contributed by atoms with Gasteiger partial charge < -0.3 is 14.5 Å². The summed E-state index contributed by atoms with van der Waals surface area (Å²) in [6.07, 6.45) is 1.57. The summed E-state index contributed by atoms with van der Waals surface area (Å²) in [5.41, 5.74) is 1.24. The van der Waals surface area contributed by atoms with Gasteiger partial charge in [-0.05, 0) is 19.1 Å². The van der Waals surface area contributed by atoms with Crippen LogP contribution < -0.4 is 0 Å². The lowest BCUT2D eigenvalue weighted by atomic mass is 10.1. The molecule has 0 N–H and O–H groups in total. The fraction of sp³-hybridized carbons (Fsp3) is 0.438. The predicted octanol–water partition coefficient (Wildman–Crippen LogP) is 0.628. The van der Waals surface area contributed by atoms with Crippen LogP contribution in [0.4, 0.5) is 0 Å². The van der Waals surface area contributed by atoms with Crippen LogP contribution in [-0.2, 0) is 9.53 Å². The van der Waals surface area contributed by atoms with Crippen LogP contribution in [0, 0.1) is 6.92 Å². The molecule has 2 amide bonds. The van der Waals surface area contributed by atoms with E-state index in [-0.39, 0.29) is 30.6 Å². The first-order chi connectivity index (χ1) is 10.6. The number of pyridine rings is 1. The molecule has 0 aromatic carbocycles. The number of hydrogen-bond acceptors (Lipinski definition) is 4. The van der Waals surface area contributed by atoms with Gasteiger partial charge in [0.1, 0.15) is 12.3 Å². The lowest BCUT2D eigenvalue weighted by molar-refractivity contribution is -0.151. The second-order valence-corrected chi connectivity index (χ2v) is 5.63. The van der Waals surface area contributed by atoms with Gasteiger partial charge in [-0.1, -0.05) is 12.1 Å². The van der Waals surface area contributed by atoms with Crippen molar-refractivity contribution in [2.24, 2.45) is 0 Å². The maximum Gasteiger partial charge on any atom is 0.272 e. The maximum atomic E-state index is 12.6. The smallest absolute Gasteiger partial charge is 0.272 e. The summed E-state index contributed by atoms with van der Waals surface area (Å²) in [5.74, 6) is -0.170. The highest BCUT2D eigenvalue weighted by molar-refractivity contribution is 5.92. The second kappa shape index (κ2) is 5.88. The number of nitrogens with zero attached hydrogens (tertiary/aromatic N) is 3. The van der Waals surface area contributed by atoms with Gasteiger partial charge in [-0.15, -0.1) is 6.58 Å². The van der Waals surface area contributed by atoms with Gasteiger partial charge in [0.05, 0.1) is 12.1 Å². The molecule has 2 fully saturated rings. The molecular weight excluding hydrogens is 282 g/mol. The molecule has 2 saturated heterocycles. The molecule has 0 spiro atoms. The number of aryl methyl sites for hydroxylation is 1. The van der Waals surface area contributed by atoms with Crippen molar-refractivity contribution >= 4 is 11.8 Å². The summed E-state index contributed by atoms with van der Waals surface area (Å²) >= 11 is 0. The Labute approximate surface area is 129 Å². The minimum absolute atomic E-state index is 0.0517. The number of aromatic nitrogens is 1. The van der Waals surface area contributed by atoms with E-state index in [9.17, 15) is 9.59 Å². The van der Waals surface area contributed by atoms with Gasteiger partial charge >= 0.3 is 0 Å². The topological polar surface area (TPSA) is 62.7 Å². The lowest BCUT2D eigenvalue weighted by Crippen LogP contribution is -2.53. The van der Waals surface area contributed by atoms with Crippen molar-refractivity contribution in [3.8, 4) is 0 Å². The van der Waals surface area contributed by atoms with Crippen LogP contribution in [0.2, 0.25) is 0 Å². The number of ether oxygens (including phenoxy) is 1. The fourth-order valence-electron chi connectivity index (χ4n) is 3.03. The number of carbonyl (C=O) groups excluding carboxylic acids is 2. The predicted molar refractivity (Wildman–Crippen MR) is 80.3 cm³/mol. The van der Waals surface area contributed by atoms with E-state index in [0.717, 1.165) is 5.69 Å². The Morgan fingerprint density at radius 2 is 2.32 bits per heavy atom. The Morgan fingerprint density at radius 3 is 3.05 bits per heavy atom. The van der Waals surface area contributed by atoms with Crippen molar-refractivity contribution in [1.29, 1.82) is 0 Å². The molecule has 0 bridgehead atoms. The van der Waals surface area contributed by atoms with Crippen LogP contribution in [0.3, 0.4) is 0 Å². The van der Waals surface area contributed by atoms with Gasteiger partial charge in [0.25, 0.3) is 5.91 Å². The van der Waals surface area contributed by atoms with Crippen molar-refractivity contribution in [3.63, 3.8) is 0 Å². The van der Waals surface area contributed by atoms with E-state index in [1.807, 2.05) is 19.1 Å². The molecule has 2 aliphatic heterocycles. The first kappa shape index (κ1) is 14.7. The third kappa shape index (κ3) is 2.62. The lowest BCUT2D eigenvalue weighted by Gasteiger charge is -2.35. The van der Waals surface area contributed by atoms with Crippen LogP contribution in [0.25, 0.3) is 0 Å². The number of rotatable bonds is 3. The summed E-state index contributed by atoms with van der Waals surface area (Å²) < 4.78 is 5.59. The van der Waals surface area contributed by atoms with Crippen LogP contribution >= 0.6 is 0 Å². The highest BCUT2D eigenvalue weighted by atomic mass is 16.5. The molecule has 0 saturated carbocycles. The van der Waals surface area contributed by atoms with Crippen molar-refractivity contribution in [2.75, 3.05) is 26.2 Å². The summed E-state index contributed by atoms with van der Waals surface area (Å²) in [5, 5.41) is 0. The summed E-state index contributed by atoms with van der Waals surface area (Å²) in [4.78, 5) is 32.3. The van der Waals surface area contributed by atoms with Crippen LogP contribution in [0.15, 0.2) is 30.9 Å². The minimum atomic E-state index is -0.133. The average molecular weight is 301 g/mol. The van der Waals surface area contributed by atoms with Crippen molar-refractivity contribution in [3.05, 3.63) is 42.2 Å². The van der Waals surface area contributed by atoms with Crippen LogP contribution in [0.1, 0.15) is 16.2 Å². The van der Waals surface area contributed by atoms with Gasteiger partial charge in [0.2, 0.25) is 5.91 Å². The van der Waals surface area contributed by atoms with Gasteiger partial charge in [0.15, 0.2) is 0 Å². The van der Waals surface area contributed by atoms with Crippen molar-refractivity contribution in [1.82, 2.24) is 14.8 Å². The van der Waals surface area contributed by atoms with Crippen LogP contribution in [-0.4, -0.2) is 65.0 Å². The third-order valence-electron chi connectivity index (χ3n) is 4.10. The second-order valence-electron chi connectivity index (χ2n) is 5.63. The zero-order valence-electron chi connectivity index (χ0n) is 12.6. The quantitative estimate of drug-likeness (QED) is 0.768. The number of carbonyl (C=O) groups is 2. The molecule has 116 valence electrons. The fourth-order valence-corrected chi connectivity index (χ4v) is 3.03. The van der Waals surface area contributed by atoms with Crippen molar-refractivity contribution in [2.45, 2.75) is 19.1 Å². The van der Waals surface area contributed by atoms with Gasteiger partial charge in [-0.3, -0.25) is 9.59 Å². The normalized spacial score (nSPS) is 24.3. The largest absolute Gasteiger partial charge is 0.364 e. The standard InChI is InChI=1S/C16H19N3O3/c1-3-7-19-13-8-18(9-14(13)22-10-15(19)20)16(21)12-6-4-5-11(2)17-12/h3-6,13-14H,1,7-10H2,2H3. The zero-order valence-corrected chi connectivity index (χ0v) is 12.6. The minimum Gasteiger partial charge on any atom is -0.364 e. The molecule has 2 unspecified atom stereocenters. The first-order valence-electron chi connectivity index (χ1n) is 7.35. The first-order valence-corrected chi connectivity index (χ1v) is 7.35. The molecule has 3 rings (SSSR count). The molecule has 1 aromatic heterocycles. The van der Waals surface area contributed by atoms with E-state index in [1.165, 1.54) is 0 Å². The average Bonchev–Trinajstić information content (AvgIpc) is 2.94. The van der Waals surface area contributed by atoms with Crippen molar-refractivity contribution < 1.29 is 14.3 Å². The Bertz CT molecular complexity index is 616. The Kier molecular flexibility index (Phi) is 3.94. The molecule has 22 heavy (non-hydrogen) atoms. The SMILES string of the molecule is C=CCN1C(=O)COC2CN(C(=O)c3cccc(C)n3)CC21. The number of morpholine rings is 1. The van der Waals surface area contributed by atoms with E-state index < -0.39 is 0 Å². The molecule has 3 heterocycles. The Hall–Kier alpha value is -2.21. The number of likely N-dealkylation sites (tertiary alicyclic amines) is 1. The van der Waals surface area contributed by atoms with E-state index in [2.05, 4.69) is 11.6 Å². The molecule has 0 radical (unpaired) electrons. The summed E-state index contributed by atoms with van der Waals surface area (Å²) in [6, 6.07) is 5.29. The molecule has 0 aliphatic carbocycles. The van der Waals surface area contributed by atoms with Gasteiger partial charge in [-0.25, -0.2) is 4.98 Å². The number of fused-ring (bicyclic) bond motifs is 1. The maximum absolute atomic E-state index is 12.6. The molecular formula is C16H19N3O3. The highest BCUT2D eigenvalue weighted by Crippen LogP contribution is 2.24. The molecule has 6 heteroatoms. The summed E-state index contributed by atoms with van der Waals surface area (Å²) in [7, 11) is 0. The molecule has 2 atom stereocenters. The van der Waals surface area contributed by atoms with E-state index >= 15 is 0 Å². The number of amides is 2. The third-order valence-corrected chi connectivity index (χ3v) is 4.10. The van der Waals surface area contributed by atoms with E-state index in [1.54, 1.807) is 21.9 Å². The Balaban J connectivity index is 1.77. The highest BCUT2D eigenvalue weighted by Gasteiger charge is 2.44.